The number of carbonyl (C=O) groups is 3. The molecule has 0 spiro atoms. The summed E-state index contributed by atoms with van der Waals surface area (Å²) in [7, 11) is 0. The number of piperidine rings is 1. The van der Waals surface area contributed by atoms with Gasteiger partial charge < -0.3 is 20.9 Å². The largest absolute Gasteiger partial charge is 0.344 e. The van der Waals surface area contributed by atoms with Crippen LogP contribution in [0.15, 0.2) is 30.3 Å². The molecule has 0 aliphatic carbocycles. The Bertz CT molecular complexity index is 1050. The van der Waals surface area contributed by atoms with Gasteiger partial charge in [0.25, 0.3) is 0 Å². The first kappa shape index (κ1) is 27.6. The van der Waals surface area contributed by atoms with Gasteiger partial charge in [0.2, 0.25) is 17.7 Å². The minimum absolute atomic E-state index is 0. The highest BCUT2D eigenvalue weighted by Gasteiger charge is 2.34. The third-order valence-electron chi connectivity index (χ3n) is 6.77. The van der Waals surface area contributed by atoms with Gasteiger partial charge in [0.15, 0.2) is 0 Å². The lowest BCUT2D eigenvalue weighted by atomic mass is 9.99. The Hall–Kier alpha value is -2.98. The topological polar surface area (TPSA) is 126 Å². The summed E-state index contributed by atoms with van der Waals surface area (Å²) in [5, 5.41) is 7.77. The Labute approximate surface area is 218 Å². The molecule has 2 aliphatic heterocycles. The van der Waals surface area contributed by atoms with E-state index >= 15 is 0 Å². The molecule has 0 radical (unpaired) electrons. The van der Waals surface area contributed by atoms with Crippen molar-refractivity contribution in [1.82, 2.24) is 29.9 Å². The van der Waals surface area contributed by atoms with Crippen molar-refractivity contribution in [3.05, 3.63) is 47.5 Å². The summed E-state index contributed by atoms with van der Waals surface area (Å²) >= 11 is 0. The lowest BCUT2D eigenvalue weighted by Gasteiger charge is -2.36. The van der Waals surface area contributed by atoms with Crippen molar-refractivity contribution in [2.75, 3.05) is 26.2 Å². The van der Waals surface area contributed by atoms with Gasteiger partial charge in [-0.3, -0.25) is 14.4 Å². The van der Waals surface area contributed by atoms with Crippen LogP contribution in [0.4, 0.5) is 0 Å². The summed E-state index contributed by atoms with van der Waals surface area (Å²) in [6.45, 7) is 3.56. The summed E-state index contributed by atoms with van der Waals surface area (Å²) in [6, 6.07) is 8.99. The maximum absolute atomic E-state index is 13.5. The molecule has 10 nitrogen and oxygen atoms in total. The predicted octanol–water partition coefficient (Wildman–Crippen LogP) is 1.37. The summed E-state index contributed by atoms with van der Waals surface area (Å²) in [6.07, 6.45) is 3.78. The van der Waals surface area contributed by atoms with Crippen LogP contribution in [-0.4, -0.2) is 74.5 Å². The number of aryl methyl sites for hydroxylation is 1. The van der Waals surface area contributed by atoms with Crippen molar-refractivity contribution in [2.24, 2.45) is 5.73 Å². The molecule has 1 saturated heterocycles. The van der Waals surface area contributed by atoms with Gasteiger partial charge in [0.1, 0.15) is 17.7 Å². The zero-order valence-electron chi connectivity index (χ0n) is 20.8. The SMILES string of the molecule is Cc1nc2n(n1)CCN(C(=O)CN)CCCC(=O)N1CCCC[C@H]1C(=O)N[C@@H]2Cc1ccccc1.Cl. The van der Waals surface area contributed by atoms with Gasteiger partial charge in [0.05, 0.1) is 19.1 Å². The van der Waals surface area contributed by atoms with Gasteiger partial charge in [-0.15, -0.1) is 12.4 Å². The number of hydrogen-bond donors (Lipinski definition) is 2. The number of benzene rings is 1. The first-order valence-electron chi connectivity index (χ1n) is 12.5. The second-order valence-electron chi connectivity index (χ2n) is 9.28. The molecule has 3 heterocycles. The number of nitrogens with one attached hydrogen (secondary N) is 1. The van der Waals surface area contributed by atoms with Crippen molar-refractivity contribution in [2.45, 2.75) is 64.1 Å². The molecule has 2 aliphatic rings. The fourth-order valence-corrected chi connectivity index (χ4v) is 4.99. The Morgan fingerprint density at radius 2 is 1.86 bits per heavy atom. The molecule has 0 unspecified atom stereocenters. The van der Waals surface area contributed by atoms with Crippen molar-refractivity contribution >= 4 is 30.1 Å². The summed E-state index contributed by atoms with van der Waals surface area (Å²) < 4.78 is 1.79. The Morgan fingerprint density at radius 3 is 2.61 bits per heavy atom. The maximum atomic E-state index is 13.5. The average Bonchev–Trinajstić information content (AvgIpc) is 3.25. The standard InChI is InChI=1S/C25H35N7O3.ClH/c1-18-27-24-20(16-19-8-3-2-4-9-19)28-25(35)21-10-5-6-13-31(21)22(33)11-7-12-30(23(34)17-26)14-15-32(24)29-18;/h2-4,8-9,20-21H,5-7,10-17,26H2,1H3,(H,28,35);1H/t20-,21+;/m1./s1. The van der Waals surface area contributed by atoms with Gasteiger partial charge in [-0.05, 0) is 44.6 Å². The molecule has 1 aromatic heterocycles. The van der Waals surface area contributed by atoms with E-state index in [4.69, 9.17) is 5.73 Å². The van der Waals surface area contributed by atoms with Crippen molar-refractivity contribution in [1.29, 1.82) is 0 Å². The van der Waals surface area contributed by atoms with Crippen LogP contribution in [0.2, 0.25) is 0 Å². The molecule has 4 rings (SSSR count). The molecule has 196 valence electrons. The van der Waals surface area contributed by atoms with E-state index in [-0.39, 0.29) is 36.7 Å². The number of amides is 3. The van der Waals surface area contributed by atoms with Crippen molar-refractivity contribution in [3.8, 4) is 0 Å². The second kappa shape index (κ2) is 12.8. The molecule has 2 atom stereocenters. The summed E-state index contributed by atoms with van der Waals surface area (Å²) in [5.41, 5.74) is 6.71. The number of aromatic nitrogens is 3. The van der Waals surface area contributed by atoms with Crippen LogP contribution in [-0.2, 0) is 27.3 Å². The van der Waals surface area contributed by atoms with Crippen molar-refractivity contribution in [3.63, 3.8) is 0 Å². The highest BCUT2D eigenvalue weighted by molar-refractivity contribution is 5.88. The van der Waals surface area contributed by atoms with Gasteiger partial charge in [-0.2, -0.15) is 5.10 Å². The average molecular weight is 518 g/mol. The first-order chi connectivity index (χ1) is 17.0. The van der Waals surface area contributed by atoms with Crippen LogP contribution in [0.5, 0.6) is 0 Å². The second-order valence-corrected chi connectivity index (χ2v) is 9.28. The smallest absolute Gasteiger partial charge is 0.243 e. The number of hydrogen-bond acceptors (Lipinski definition) is 6. The summed E-state index contributed by atoms with van der Waals surface area (Å²) in [4.78, 5) is 47.2. The quantitative estimate of drug-likeness (QED) is 0.633. The predicted molar refractivity (Wildman–Crippen MR) is 137 cm³/mol. The number of fused-ring (bicyclic) bond motifs is 2. The zero-order valence-corrected chi connectivity index (χ0v) is 21.6. The number of nitrogens with two attached hydrogens (primary N) is 1. The maximum Gasteiger partial charge on any atom is 0.243 e. The van der Waals surface area contributed by atoms with E-state index in [0.29, 0.717) is 63.5 Å². The third kappa shape index (κ3) is 6.61. The number of nitrogens with zero attached hydrogens (tertiary/aromatic N) is 5. The molecule has 36 heavy (non-hydrogen) atoms. The van der Waals surface area contributed by atoms with E-state index in [1.165, 1.54) is 0 Å². The van der Waals surface area contributed by atoms with E-state index in [1.54, 1.807) is 14.5 Å². The van der Waals surface area contributed by atoms with E-state index < -0.39 is 12.1 Å². The van der Waals surface area contributed by atoms with E-state index in [1.807, 2.05) is 37.3 Å². The van der Waals surface area contributed by atoms with Gasteiger partial charge in [-0.25, -0.2) is 9.67 Å². The molecule has 3 N–H and O–H groups in total. The molecule has 2 aromatic rings. The lowest BCUT2D eigenvalue weighted by molar-refractivity contribution is -0.143. The van der Waals surface area contributed by atoms with Crippen LogP contribution in [0.3, 0.4) is 0 Å². The van der Waals surface area contributed by atoms with Gasteiger partial charge >= 0.3 is 0 Å². The number of carbonyl (C=O) groups excluding carboxylic acids is 3. The van der Waals surface area contributed by atoms with Crippen molar-refractivity contribution < 1.29 is 14.4 Å². The number of halogens is 1. The molecule has 3 amide bonds. The molecular formula is C25H36ClN7O3. The van der Waals surface area contributed by atoms with Crippen LogP contribution >= 0.6 is 12.4 Å². The molecule has 11 heteroatoms. The molecule has 0 bridgehead atoms. The van der Waals surface area contributed by atoms with E-state index in [2.05, 4.69) is 15.4 Å². The number of rotatable bonds is 3. The lowest BCUT2D eigenvalue weighted by Crippen LogP contribution is -2.53. The van der Waals surface area contributed by atoms with Crippen LogP contribution < -0.4 is 11.1 Å². The van der Waals surface area contributed by atoms with Crippen LogP contribution in [0.25, 0.3) is 0 Å². The zero-order chi connectivity index (χ0) is 24.8. The summed E-state index contributed by atoms with van der Waals surface area (Å²) in [5.74, 6) is 0.894. The third-order valence-corrected chi connectivity index (χ3v) is 6.77. The minimum atomic E-state index is -0.503. The first-order valence-corrected chi connectivity index (χ1v) is 12.5. The van der Waals surface area contributed by atoms with Gasteiger partial charge in [0, 0.05) is 26.1 Å². The van der Waals surface area contributed by atoms with E-state index in [9.17, 15) is 14.4 Å². The molecule has 1 aromatic carbocycles. The Morgan fingerprint density at radius 1 is 1.08 bits per heavy atom. The normalized spacial score (nSPS) is 21.5. The highest BCUT2D eigenvalue weighted by atomic mass is 35.5. The van der Waals surface area contributed by atoms with Crippen LogP contribution in [0, 0.1) is 6.92 Å². The van der Waals surface area contributed by atoms with Gasteiger partial charge in [-0.1, -0.05) is 30.3 Å². The Kier molecular flexibility index (Phi) is 9.83. The fourth-order valence-electron chi connectivity index (χ4n) is 4.99. The highest BCUT2D eigenvalue weighted by Crippen LogP contribution is 2.23. The fraction of sp³-hybridized carbons (Fsp3) is 0.560. The monoisotopic (exact) mass is 517 g/mol. The molecular weight excluding hydrogens is 482 g/mol. The minimum Gasteiger partial charge on any atom is -0.344 e. The van der Waals surface area contributed by atoms with Crippen LogP contribution in [0.1, 0.15) is 55.4 Å². The van der Waals surface area contributed by atoms with E-state index in [0.717, 1.165) is 18.4 Å². The Balaban J connectivity index is 0.00000361. The molecule has 0 saturated carbocycles. The molecule has 1 fully saturated rings.